The quantitative estimate of drug-likeness (QED) is 0.786. The van der Waals surface area contributed by atoms with Crippen molar-refractivity contribution in [2.75, 3.05) is 19.3 Å². The number of likely N-dealkylation sites (N-methyl/N-ethyl adjacent to an activating group) is 1. The first kappa shape index (κ1) is 15.8. The van der Waals surface area contributed by atoms with Gasteiger partial charge in [0.05, 0.1) is 12.2 Å². The van der Waals surface area contributed by atoms with E-state index in [1.165, 1.54) is 7.05 Å². The van der Waals surface area contributed by atoms with E-state index < -0.39 is 10.0 Å². The summed E-state index contributed by atoms with van der Waals surface area (Å²) in [6.07, 6.45) is 1.93. The summed E-state index contributed by atoms with van der Waals surface area (Å²) in [5.74, 6) is -0.286. The minimum Gasteiger partial charge on any atom is -0.398 e. The minimum absolute atomic E-state index is 0.0484. The maximum atomic E-state index is 12.5. The third kappa shape index (κ3) is 3.54. The number of carbonyl (C=O) groups excluding carboxylic acids is 1. The topological polar surface area (TPSA) is 92.5 Å². The second-order valence-corrected chi connectivity index (χ2v) is 7.59. The number of anilines is 1. The molecule has 0 heterocycles. The van der Waals surface area contributed by atoms with Crippen LogP contribution in [0, 0.1) is 13.8 Å². The summed E-state index contributed by atoms with van der Waals surface area (Å²) >= 11 is 0. The summed E-state index contributed by atoms with van der Waals surface area (Å²) in [7, 11) is -2.39. The van der Waals surface area contributed by atoms with Crippen LogP contribution in [0.3, 0.4) is 0 Å². The van der Waals surface area contributed by atoms with Crippen molar-refractivity contribution in [1.82, 2.24) is 9.62 Å². The lowest BCUT2D eigenvalue weighted by molar-refractivity contribution is -0.121. The monoisotopic (exact) mass is 311 g/mol. The lowest BCUT2D eigenvalue weighted by Gasteiger charge is -2.19. The van der Waals surface area contributed by atoms with Crippen LogP contribution in [0.15, 0.2) is 17.0 Å². The highest BCUT2D eigenvalue weighted by Gasteiger charge is 2.28. The number of nitrogens with one attached hydrogen (secondary N) is 1. The van der Waals surface area contributed by atoms with E-state index in [0.29, 0.717) is 0 Å². The van der Waals surface area contributed by atoms with E-state index in [4.69, 9.17) is 5.73 Å². The number of nitrogens with zero attached hydrogens (tertiary/aromatic N) is 1. The summed E-state index contributed by atoms with van der Waals surface area (Å²) in [6.45, 7) is 3.49. The van der Waals surface area contributed by atoms with E-state index >= 15 is 0 Å². The smallest absolute Gasteiger partial charge is 0.245 e. The molecule has 0 bridgehead atoms. The van der Waals surface area contributed by atoms with E-state index in [1.807, 2.05) is 13.8 Å². The highest BCUT2D eigenvalue weighted by molar-refractivity contribution is 7.89. The van der Waals surface area contributed by atoms with Gasteiger partial charge in [-0.05, 0) is 49.9 Å². The molecule has 1 aliphatic rings. The largest absolute Gasteiger partial charge is 0.398 e. The molecule has 116 valence electrons. The number of carbonyl (C=O) groups is 1. The average molecular weight is 311 g/mol. The molecule has 1 fully saturated rings. The SMILES string of the molecule is Cc1cc(N)c(S(=O)(=O)N(C)CC(=O)NC2CC2)cc1C. The summed E-state index contributed by atoms with van der Waals surface area (Å²) < 4.78 is 26.1. The summed E-state index contributed by atoms with van der Waals surface area (Å²) in [5.41, 5.74) is 7.81. The molecule has 3 N–H and O–H groups in total. The number of hydrogen-bond donors (Lipinski definition) is 2. The summed E-state index contributed by atoms with van der Waals surface area (Å²) in [4.78, 5) is 11.8. The predicted octanol–water partition coefficient (Wildman–Crippen LogP) is 0.785. The van der Waals surface area contributed by atoms with Gasteiger partial charge in [-0.25, -0.2) is 8.42 Å². The Kier molecular flexibility index (Phi) is 4.25. The fourth-order valence-corrected chi connectivity index (χ4v) is 3.30. The summed E-state index contributed by atoms with van der Waals surface area (Å²) in [6, 6.07) is 3.40. The fraction of sp³-hybridized carbons (Fsp3) is 0.500. The van der Waals surface area contributed by atoms with Gasteiger partial charge in [-0.15, -0.1) is 0 Å². The Hall–Kier alpha value is -1.60. The van der Waals surface area contributed by atoms with Crippen LogP contribution in [0.25, 0.3) is 0 Å². The third-order valence-corrected chi connectivity index (χ3v) is 5.48. The Morgan fingerprint density at radius 3 is 2.48 bits per heavy atom. The molecule has 1 aromatic carbocycles. The first-order chi connectivity index (χ1) is 9.71. The van der Waals surface area contributed by atoms with Crippen molar-refractivity contribution in [2.45, 2.75) is 37.6 Å². The van der Waals surface area contributed by atoms with E-state index in [1.54, 1.807) is 12.1 Å². The first-order valence-corrected chi connectivity index (χ1v) is 8.28. The van der Waals surface area contributed by atoms with Crippen LogP contribution < -0.4 is 11.1 Å². The van der Waals surface area contributed by atoms with Crippen molar-refractivity contribution >= 4 is 21.6 Å². The van der Waals surface area contributed by atoms with Gasteiger partial charge >= 0.3 is 0 Å². The van der Waals surface area contributed by atoms with Crippen LogP contribution in [0.4, 0.5) is 5.69 Å². The number of aryl methyl sites for hydroxylation is 2. The Balaban J connectivity index is 2.20. The van der Waals surface area contributed by atoms with Crippen molar-refractivity contribution in [1.29, 1.82) is 0 Å². The molecule has 0 radical (unpaired) electrons. The number of rotatable bonds is 5. The Morgan fingerprint density at radius 2 is 1.90 bits per heavy atom. The molecule has 0 saturated heterocycles. The van der Waals surface area contributed by atoms with Gasteiger partial charge in [-0.2, -0.15) is 4.31 Å². The van der Waals surface area contributed by atoms with Crippen molar-refractivity contribution in [2.24, 2.45) is 0 Å². The number of amides is 1. The highest BCUT2D eigenvalue weighted by atomic mass is 32.2. The lowest BCUT2D eigenvalue weighted by atomic mass is 10.1. The second kappa shape index (κ2) is 5.65. The van der Waals surface area contributed by atoms with E-state index in [9.17, 15) is 13.2 Å². The molecular formula is C14H21N3O3S. The average Bonchev–Trinajstić information content (AvgIpc) is 3.17. The number of benzene rings is 1. The first-order valence-electron chi connectivity index (χ1n) is 6.84. The summed E-state index contributed by atoms with van der Waals surface area (Å²) in [5, 5.41) is 2.77. The third-order valence-electron chi connectivity index (χ3n) is 3.62. The maximum Gasteiger partial charge on any atom is 0.245 e. The molecule has 21 heavy (non-hydrogen) atoms. The van der Waals surface area contributed by atoms with Crippen LogP contribution in [0.2, 0.25) is 0 Å². The zero-order chi connectivity index (χ0) is 15.8. The molecule has 0 aliphatic heterocycles. The number of sulfonamides is 1. The highest BCUT2D eigenvalue weighted by Crippen LogP contribution is 2.25. The molecule has 0 spiro atoms. The standard InChI is InChI=1S/C14H21N3O3S/c1-9-6-12(15)13(7-10(9)2)21(19,20)17(3)8-14(18)16-11-4-5-11/h6-7,11H,4-5,8,15H2,1-3H3,(H,16,18). The second-order valence-electron chi connectivity index (χ2n) is 5.58. The normalized spacial score (nSPS) is 15.2. The number of hydrogen-bond acceptors (Lipinski definition) is 4. The molecule has 1 aromatic rings. The zero-order valence-corrected chi connectivity index (χ0v) is 13.3. The molecule has 1 aliphatic carbocycles. The minimum atomic E-state index is -3.77. The van der Waals surface area contributed by atoms with Crippen LogP contribution in [-0.2, 0) is 14.8 Å². The van der Waals surface area contributed by atoms with Crippen molar-refractivity contribution in [3.05, 3.63) is 23.3 Å². The Morgan fingerprint density at radius 1 is 1.33 bits per heavy atom. The van der Waals surface area contributed by atoms with Crippen LogP contribution in [0.1, 0.15) is 24.0 Å². The number of nitrogens with two attached hydrogens (primary N) is 1. The zero-order valence-electron chi connectivity index (χ0n) is 12.5. The van der Waals surface area contributed by atoms with Gasteiger partial charge in [0.2, 0.25) is 15.9 Å². The van der Waals surface area contributed by atoms with E-state index in [-0.39, 0.29) is 29.1 Å². The molecule has 1 saturated carbocycles. The molecule has 0 aromatic heterocycles. The fourth-order valence-electron chi connectivity index (χ4n) is 1.99. The number of nitrogen functional groups attached to an aromatic ring is 1. The van der Waals surface area contributed by atoms with Gasteiger partial charge in [0, 0.05) is 13.1 Å². The van der Waals surface area contributed by atoms with Gasteiger partial charge in [-0.1, -0.05) is 0 Å². The Labute approximate surface area is 125 Å². The lowest BCUT2D eigenvalue weighted by Crippen LogP contribution is -2.39. The molecule has 1 amide bonds. The van der Waals surface area contributed by atoms with Crippen LogP contribution >= 0.6 is 0 Å². The van der Waals surface area contributed by atoms with Gasteiger partial charge in [0.15, 0.2) is 0 Å². The van der Waals surface area contributed by atoms with Gasteiger partial charge in [0.1, 0.15) is 4.90 Å². The van der Waals surface area contributed by atoms with Gasteiger partial charge in [0.25, 0.3) is 0 Å². The molecule has 2 rings (SSSR count). The Bertz CT molecular complexity index is 666. The molecule has 6 nitrogen and oxygen atoms in total. The molecule has 7 heteroatoms. The van der Waals surface area contributed by atoms with Gasteiger partial charge < -0.3 is 11.1 Å². The van der Waals surface area contributed by atoms with Crippen molar-refractivity contribution in [3.63, 3.8) is 0 Å². The van der Waals surface area contributed by atoms with Crippen LogP contribution in [0.5, 0.6) is 0 Å². The molecular weight excluding hydrogens is 290 g/mol. The van der Waals surface area contributed by atoms with E-state index in [2.05, 4.69) is 5.32 Å². The predicted molar refractivity (Wildman–Crippen MR) is 81.3 cm³/mol. The van der Waals surface area contributed by atoms with Gasteiger partial charge in [-0.3, -0.25) is 4.79 Å². The molecule has 0 atom stereocenters. The maximum absolute atomic E-state index is 12.5. The van der Waals surface area contributed by atoms with Crippen molar-refractivity contribution < 1.29 is 13.2 Å². The van der Waals surface area contributed by atoms with E-state index in [0.717, 1.165) is 28.3 Å². The van der Waals surface area contributed by atoms with Crippen LogP contribution in [-0.4, -0.2) is 38.3 Å². The molecule has 0 unspecified atom stereocenters. The van der Waals surface area contributed by atoms with Crippen molar-refractivity contribution in [3.8, 4) is 0 Å².